The van der Waals surface area contributed by atoms with E-state index in [-0.39, 0.29) is 10.9 Å². The summed E-state index contributed by atoms with van der Waals surface area (Å²) in [5.74, 6) is -0.453. The number of hydrogen-bond acceptors (Lipinski definition) is 4. The number of amides is 4. The second kappa shape index (κ2) is 8.10. The third kappa shape index (κ3) is 5.69. The Balaban J connectivity index is 2.56. The smallest absolute Gasteiger partial charge is 0.347 e. The molecule has 0 spiro atoms. The van der Waals surface area contributed by atoms with Gasteiger partial charge in [0.15, 0.2) is 0 Å². The fourth-order valence-electron chi connectivity index (χ4n) is 1.06. The molecule has 9 heteroatoms. The van der Waals surface area contributed by atoms with Gasteiger partial charge in [-0.15, -0.1) is 4.99 Å². The van der Waals surface area contributed by atoms with E-state index in [2.05, 4.69) is 15.0 Å². The Kier molecular flexibility index (Phi) is 6.47. The number of rotatable bonds is 2. The molecule has 1 aromatic carbocycles. The maximum absolute atomic E-state index is 13.3. The number of nitrogens with zero attached hydrogens (tertiary/aromatic N) is 2. The molecule has 0 saturated carbocycles. The van der Waals surface area contributed by atoms with Gasteiger partial charge in [-0.05, 0) is 24.1 Å². The van der Waals surface area contributed by atoms with Gasteiger partial charge < -0.3 is 9.64 Å². The summed E-state index contributed by atoms with van der Waals surface area (Å²) in [6, 6.07) is 4.43. The molecule has 0 atom stereocenters. The lowest BCUT2D eigenvalue weighted by Crippen LogP contribution is -2.38. The molecule has 0 aliphatic rings. The Morgan fingerprint density at radius 1 is 1.33 bits per heavy atom. The van der Waals surface area contributed by atoms with Crippen molar-refractivity contribution in [3.63, 3.8) is 0 Å². The zero-order valence-corrected chi connectivity index (χ0v) is 12.5. The van der Waals surface area contributed by atoms with E-state index < -0.39 is 17.9 Å². The van der Waals surface area contributed by atoms with Gasteiger partial charge in [0, 0.05) is 14.1 Å². The number of carbonyl (C=O) groups excluding carboxylic acids is 2. The van der Waals surface area contributed by atoms with Gasteiger partial charge in [-0.2, -0.15) is 0 Å². The molecule has 0 aliphatic heterocycles. The van der Waals surface area contributed by atoms with Gasteiger partial charge in [0.05, 0.1) is 12.0 Å². The first-order valence-electron chi connectivity index (χ1n) is 5.76. The van der Waals surface area contributed by atoms with Crippen LogP contribution in [0.25, 0.3) is 0 Å². The summed E-state index contributed by atoms with van der Waals surface area (Å²) < 4.78 is 20.5. The third-order valence-corrected chi connectivity index (χ3v) is 2.92. The van der Waals surface area contributed by atoms with Gasteiger partial charge in [-0.25, -0.2) is 14.0 Å². The van der Waals surface area contributed by atoms with Crippen molar-refractivity contribution in [3.8, 4) is 0 Å². The van der Waals surface area contributed by atoms with Crippen molar-refractivity contribution in [1.82, 2.24) is 14.9 Å². The number of urea groups is 2. The first-order chi connectivity index (χ1) is 9.93. The molecule has 21 heavy (non-hydrogen) atoms. The van der Waals surface area contributed by atoms with E-state index in [1.165, 1.54) is 38.2 Å². The number of aliphatic imine (C=N–C) groups is 1. The Bertz CT molecular complexity index is 551. The average molecular weight is 314 g/mol. The Labute approximate surface area is 125 Å². The van der Waals surface area contributed by atoms with Crippen LogP contribution in [-0.2, 0) is 4.74 Å². The van der Waals surface area contributed by atoms with Gasteiger partial charge >= 0.3 is 18.1 Å². The topological polar surface area (TPSA) is 83.0 Å². The predicted molar refractivity (Wildman–Crippen MR) is 77.5 cm³/mol. The Hall–Kier alpha value is -2.29. The first kappa shape index (κ1) is 16.8. The quantitative estimate of drug-likeness (QED) is 0.495. The Morgan fingerprint density at radius 3 is 2.57 bits per heavy atom. The molecule has 1 rings (SSSR count). The molecule has 4 amide bonds. The molecule has 2 N–H and O–H groups in total. The van der Waals surface area contributed by atoms with Crippen LogP contribution in [0.4, 0.5) is 14.0 Å². The summed E-state index contributed by atoms with van der Waals surface area (Å²) >= 11 is 0.790. The largest absolute Gasteiger partial charge is 0.468 e. The summed E-state index contributed by atoms with van der Waals surface area (Å²) in [6.45, 7) is 0. The molecule has 0 unspecified atom stereocenters. The van der Waals surface area contributed by atoms with E-state index >= 15 is 0 Å². The average Bonchev–Trinajstić information content (AvgIpc) is 2.45. The minimum absolute atomic E-state index is 0.257. The monoisotopic (exact) mass is 314 g/mol. The maximum atomic E-state index is 13.3. The fraction of sp³-hybridized carbons (Fsp3) is 0.250. The number of ether oxygens (including phenoxy) is 1. The first-order valence-corrected chi connectivity index (χ1v) is 6.58. The normalized spacial score (nSPS) is 10.8. The molecule has 0 bridgehead atoms. The maximum Gasteiger partial charge on any atom is 0.347 e. The van der Waals surface area contributed by atoms with Crippen molar-refractivity contribution in [2.45, 2.75) is 4.90 Å². The van der Waals surface area contributed by atoms with Crippen LogP contribution >= 0.6 is 11.9 Å². The number of hydrogen-bond donors (Lipinski definition) is 2. The number of nitrogens with one attached hydrogen (secondary N) is 2. The molecule has 0 fully saturated rings. The number of methoxy groups -OCH3 is 1. The van der Waals surface area contributed by atoms with Crippen molar-refractivity contribution in [1.29, 1.82) is 0 Å². The minimum atomic E-state index is -0.699. The molecule has 0 radical (unpaired) electrons. The standard InChI is InChI=1S/C12H15FN4O3S/c1-17(2)12(19)15-11(20-3)14-10(18)16-21-9-7-5-4-6-8(9)13/h4-7H,1-3H3,(H2,14,15,16,18,19). The van der Waals surface area contributed by atoms with Crippen LogP contribution in [0.5, 0.6) is 0 Å². The van der Waals surface area contributed by atoms with Crippen molar-refractivity contribution in [2.24, 2.45) is 4.99 Å². The lowest BCUT2D eigenvalue weighted by molar-refractivity contribution is 0.226. The van der Waals surface area contributed by atoms with E-state index in [9.17, 15) is 14.0 Å². The number of halogens is 1. The van der Waals surface area contributed by atoms with Crippen LogP contribution in [0.3, 0.4) is 0 Å². The highest BCUT2D eigenvalue weighted by Crippen LogP contribution is 2.17. The predicted octanol–water partition coefficient (Wildman–Crippen LogP) is 1.82. The van der Waals surface area contributed by atoms with Crippen molar-refractivity contribution < 1.29 is 18.7 Å². The summed E-state index contributed by atoms with van der Waals surface area (Å²) in [6.07, 6.45) is 0. The highest BCUT2D eigenvalue weighted by molar-refractivity contribution is 7.98. The van der Waals surface area contributed by atoms with Gasteiger partial charge in [0.1, 0.15) is 5.82 Å². The molecule has 7 nitrogen and oxygen atoms in total. The third-order valence-electron chi connectivity index (χ3n) is 2.08. The lowest BCUT2D eigenvalue weighted by atomic mass is 10.4. The van der Waals surface area contributed by atoms with Crippen LogP contribution < -0.4 is 10.0 Å². The molecule has 0 saturated heterocycles. The molecule has 0 aromatic heterocycles. The van der Waals surface area contributed by atoms with Gasteiger partial charge in [0.2, 0.25) is 0 Å². The second-order valence-corrected chi connectivity index (χ2v) is 4.73. The van der Waals surface area contributed by atoms with Crippen LogP contribution in [0.1, 0.15) is 0 Å². The number of amidine groups is 1. The summed E-state index contributed by atoms with van der Waals surface area (Å²) in [5, 5.41) is 2.23. The number of benzene rings is 1. The van der Waals surface area contributed by atoms with Gasteiger partial charge in [-0.1, -0.05) is 12.1 Å². The van der Waals surface area contributed by atoms with Gasteiger partial charge in [0.25, 0.3) is 0 Å². The Morgan fingerprint density at radius 2 is 2.00 bits per heavy atom. The minimum Gasteiger partial charge on any atom is -0.468 e. The summed E-state index contributed by atoms with van der Waals surface area (Å²) in [5.41, 5.74) is 0. The van der Waals surface area contributed by atoms with Crippen LogP contribution in [0, 0.1) is 5.82 Å². The highest BCUT2D eigenvalue weighted by atomic mass is 32.2. The van der Waals surface area contributed by atoms with E-state index in [0.717, 1.165) is 11.9 Å². The number of carbonyl (C=O) groups is 2. The molecule has 114 valence electrons. The van der Waals surface area contributed by atoms with E-state index in [0.29, 0.717) is 0 Å². The van der Waals surface area contributed by atoms with Gasteiger partial charge in [-0.3, -0.25) is 10.0 Å². The van der Waals surface area contributed by atoms with E-state index in [1.807, 2.05) is 0 Å². The molecular weight excluding hydrogens is 299 g/mol. The van der Waals surface area contributed by atoms with Crippen molar-refractivity contribution in [2.75, 3.05) is 21.2 Å². The van der Waals surface area contributed by atoms with Crippen molar-refractivity contribution in [3.05, 3.63) is 30.1 Å². The van der Waals surface area contributed by atoms with Crippen LogP contribution in [-0.4, -0.2) is 44.2 Å². The van der Waals surface area contributed by atoms with Crippen molar-refractivity contribution >= 4 is 30.0 Å². The summed E-state index contributed by atoms with van der Waals surface area (Å²) in [4.78, 5) is 28.0. The zero-order valence-electron chi connectivity index (χ0n) is 11.7. The van der Waals surface area contributed by atoms with E-state index in [4.69, 9.17) is 4.74 Å². The molecular formula is C12H15FN4O3S. The van der Waals surface area contributed by atoms with Crippen LogP contribution in [0.2, 0.25) is 0 Å². The van der Waals surface area contributed by atoms with E-state index in [1.54, 1.807) is 12.1 Å². The molecule has 0 aliphatic carbocycles. The second-order valence-electron chi connectivity index (χ2n) is 3.89. The molecule has 0 heterocycles. The lowest BCUT2D eigenvalue weighted by Gasteiger charge is -2.10. The SMILES string of the molecule is COC(=NC(=O)N(C)C)NC(=O)NSc1ccccc1F. The zero-order chi connectivity index (χ0) is 15.8. The highest BCUT2D eigenvalue weighted by Gasteiger charge is 2.11. The molecule has 1 aromatic rings. The van der Waals surface area contributed by atoms with Crippen LogP contribution in [0.15, 0.2) is 34.2 Å². The fourth-order valence-corrected chi connectivity index (χ4v) is 1.63. The summed E-state index contributed by atoms with van der Waals surface area (Å²) in [7, 11) is 4.27.